The topological polar surface area (TPSA) is 69.4 Å². The molecular formula is C25H25F3N4O3. The molecule has 0 aliphatic carbocycles. The maximum absolute atomic E-state index is 13.2. The van der Waals surface area contributed by atoms with Gasteiger partial charge in [0, 0.05) is 25.8 Å². The molecule has 1 saturated heterocycles. The van der Waals surface area contributed by atoms with Gasteiger partial charge in [0.15, 0.2) is 0 Å². The smallest absolute Gasteiger partial charge is 0.368 e. The third-order valence-corrected chi connectivity index (χ3v) is 6.63. The first-order valence-electron chi connectivity index (χ1n) is 11.6. The summed E-state index contributed by atoms with van der Waals surface area (Å²) in [6.07, 6.45) is 0.731. The summed E-state index contributed by atoms with van der Waals surface area (Å²) in [6, 6.07) is 8.37. The molecule has 0 unspecified atom stereocenters. The second-order valence-electron chi connectivity index (χ2n) is 9.03. The van der Waals surface area contributed by atoms with E-state index in [9.17, 15) is 22.8 Å². The Morgan fingerprint density at radius 3 is 2.51 bits per heavy atom. The highest BCUT2D eigenvalue weighted by Gasteiger charge is 2.33. The summed E-state index contributed by atoms with van der Waals surface area (Å²) in [5.41, 5.74) is 1.32. The van der Waals surface area contributed by atoms with Crippen LogP contribution in [0.1, 0.15) is 52.7 Å². The zero-order valence-electron chi connectivity index (χ0n) is 19.2. The van der Waals surface area contributed by atoms with E-state index < -0.39 is 11.7 Å². The van der Waals surface area contributed by atoms with Crippen LogP contribution >= 0.6 is 0 Å². The molecule has 0 N–H and O–H groups in total. The first-order valence-corrected chi connectivity index (χ1v) is 11.6. The van der Waals surface area contributed by atoms with Gasteiger partial charge >= 0.3 is 6.18 Å². The van der Waals surface area contributed by atoms with Crippen LogP contribution < -0.4 is 5.56 Å². The van der Waals surface area contributed by atoms with Crippen molar-refractivity contribution in [2.45, 2.75) is 51.1 Å². The Bertz CT molecular complexity index is 1300. The number of rotatable bonds is 4. The number of fused-ring (bicyclic) bond motifs is 1. The van der Waals surface area contributed by atoms with Gasteiger partial charge in [-0.1, -0.05) is 12.1 Å². The fourth-order valence-electron chi connectivity index (χ4n) is 4.79. The van der Waals surface area contributed by atoms with E-state index >= 15 is 0 Å². The molecule has 0 spiro atoms. The lowest BCUT2D eigenvalue weighted by molar-refractivity contribution is -0.137. The fourth-order valence-corrected chi connectivity index (χ4v) is 4.79. The van der Waals surface area contributed by atoms with Crippen molar-refractivity contribution in [3.05, 3.63) is 81.8 Å². The van der Waals surface area contributed by atoms with Crippen LogP contribution in [0.4, 0.5) is 13.2 Å². The van der Waals surface area contributed by atoms with Crippen molar-refractivity contribution in [1.29, 1.82) is 0 Å². The first-order chi connectivity index (χ1) is 16.7. The highest BCUT2D eigenvalue weighted by molar-refractivity contribution is 5.93. The normalized spacial score (nSPS) is 20.7. The van der Waals surface area contributed by atoms with Crippen molar-refractivity contribution in [2.75, 3.05) is 13.1 Å². The van der Waals surface area contributed by atoms with Crippen LogP contribution in [0.3, 0.4) is 0 Å². The summed E-state index contributed by atoms with van der Waals surface area (Å²) in [5, 5.41) is 0. The minimum Gasteiger partial charge on any atom is -0.368 e. The van der Waals surface area contributed by atoms with E-state index in [4.69, 9.17) is 4.74 Å². The van der Waals surface area contributed by atoms with Crippen molar-refractivity contribution >= 4 is 5.91 Å². The van der Waals surface area contributed by atoms with Gasteiger partial charge < -0.3 is 18.8 Å². The summed E-state index contributed by atoms with van der Waals surface area (Å²) in [4.78, 5) is 32.0. The number of aromatic nitrogens is 3. The van der Waals surface area contributed by atoms with Crippen LogP contribution in [0.5, 0.6) is 0 Å². The summed E-state index contributed by atoms with van der Waals surface area (Å²) in [7, 11) is 0. The Morgan fingerprint density at radius 1 is 1.06 bits per heavy atom. The molecule has 2 aromatic heterocycles. The van der Waals surface area contributed by atoms with Crippen molar-refractivity contribution in [3.63, 3.8) is 0 Å². The number of ether oxygens (including phenoxy) is 1. The van der Waals surface area contributed by atoms with Gasteiger partial charge in [0.2, 0.25) is 0 Å². The van der Waals surface area contributed by atoms with Crippen molar-refractivity contribution in [2.24, 2.45) is 0 Å². The summed E-state index contributed by atoms with van der Waals surface area (Å²) in [5.74, 6) is -0.234. The predicted molar refractivity (Wildman–Crippen MR) is 121 cm³/mol. The number of hydrogen-bond acceptors (Lipinski definition) is 4. The molecule has 184 valence electrons. The largest absolute Gasteiger partial charge is 0.416 e. The average Bonchev–Trinajstić information content (AvgIpc) is 3.27. The number of imidazole rings is 1. The Kier molecular flexibility index (Phi) is 6.00. The van der Waals surface area contributed by atoms with Gasteiger partial charge in [-0.3, -0.25) is 9.59 Å². The maximum atomic E-state index is 13.2. The van der Waals surface area contributed by atoms with Crippen LogP contribution in [0.2, 0.25) is 0 Å². The second kappa shape index (κ2) is 8.99. The van der Waals surface area contributed by atoms with E-state index in [1.54, 1.807) is 34.1 Å². The Labute approximate surface area is 199 Å². The Morgan fingerprint density at radius 2 is 1.83 bits per heavy atom. The highest BCUT2D eigenvalue weighted by Crippen LogP contribution is 2.34. The molecule has 1 fully saturated rings. The molecule has 1 amide bonds. The van der Waals surface area contributed by atoms with E-state index in [-0.39, 0.29) is 23.7 Å². The van der Waals surface area contributed by atoms with Crippen LogP contribution in [-0.2, 0) is 17.5 Å². The molecule has 2 aliphatic heterocycles. The number of pyridine rings is 1. The number of halogens is 3. The lowest BCUT2D eigenvalue weighted by Crippen LogP contribution is -2.48. The number of hydrogen-bond donors (Lipinski definition) is 0. The van der Waals surface area contributed by atoms with Gasteiger partial charge in [-0.2, -0.15) is 13.2 Å². The average molecular weight is 486 g/mol. The molecule has 7 nitrogen and oxygen atoms in total. The van der Waals surface area contributed by atoms with Crippen LogP contribution in [0, 0.1) is 6.92 Å². The molecule has 3 aromatic rings. The SMILES string of the molecule is Cc1cn(-c2ccc3n(c2=O)CCN(C[C@@H]2CCC[C@H](c4ccc(C(F)(F)F)cc4)O2)C3=O)cn1. The summed E-state index contributed by atoms with van der Waals surface area (Å²) < 4.78 is 47.9. The molecule has 2 aliphatic rings. The van der Waals surface area contributed by atoms with Gasteiger partial charge in [-0.25, -0.2) is 4.98 Å². The third kappa shape index (κ3) is 4.62. The third-order valence-electron chi connectivity index (χ3n) is 6.63. The lowest BCUT2D eigenvalue weighted by Gasteiger charge is -2.36. The van der Waals surface area contributed by atoms with Gasteiger partial charge in [0.25, 0.3) is 11.5 Å². The Hall–Kier alpha value is -3.40. The van der Waals surface area contributed by atoms with Crippen molar-refractivity contribution < 1.29 is 22.7 Å². The number of nitrogens with zero attached hydrogens (tertiary/aromatic N) is 4. The van der Waals surface area contributed by atoms with Gasteiger partial charge in [0.05, 0.1) is 29.8 Å². The standard InChI is InChI=1S/C25H25F3N4O3/c1-16-13-31(15-29-16)20-9-10-21-23(33)30(11-12-32(21)24(20)34)14-19-3-2-4-22(35-19)17-5-7-18(8-6-17)25(26,27)28/h5-10,13,15,19,22H,2-4,11-12,14H2,1H3/t19-,22+/m0/s1. The minimum absolute atomic E-state index is 0.230. The van der Waals surface area contributed by atoms with Crippen LogP contribution in [0.15, 0.2) is 53.7 Å². The molecule has 0 radical (unpaired) electrons. The number of carbonyl (C=O) groups excluding carboxylic acids is 1. The summed E-state index contributed by atoms with van der Waals surface area (Å²) in [6.45, 7) is 2.95. The zero-order valence-corrected chi connectivity index (χ0v) is 19.2. The molecule has 1 aromatic carbocycles. The van der Waals surface area contributed by atoms with Gasteiger partial charge in [-0.15, -0.1) is 0 Å². The molecular weight excluding hydrogens is 461 g/mol. The number of benzene rings is 1. The summed E-state index contributed by atoms with van der Waals surface area (Å²) >= 11 is 0. The fraction of sp³-hybridized carbons (Fsp3) is 0.400. The molecule has 35 heavy (non-hydrogen) atoms. The number of amides is 1. The number of carbonyl (C=O) groups is 1. The van der Waals surface area contributed by atoms with E-state index in [1.807, 2.05) is 6.92 Å². The van der Waals surface area contributed by atoms with Crippen molar-refractivity contribution in [3.8, 4) is 5.69 Å². The monoisotopic (exact) mass is 486 g/mol. The highest BCUT2D eigenvalue weighted by atomic mass is 19.4. The minimum atomic E-state index is -4.38. The first kappa shape index (κ1) is 23.3. The maximum Gasteiger partial charge on any atom is 0.416 e. The van der Waals surface area contributed by atoms with E-state index in [2.05, 4.69) is 4.98 Å². The number of aryl methyl sites for hydroxylation is 1. The second-order valence-corrected chi connectivity index (χ2v) is 9.03. The quantitative estimate of drug-likeness (QED) is 0.556. The predicted octanol–water partition coefficient (Wildman–Crippen LogP) is 4.13. The molecule has 2 atom stereocenters. The lowest BCUT2D eigenvalue weighted by atomic mass is 9.97. The van der Waals surface area contributed by atoms with Gasteiger partial charge in [0.1, 0.15) is 11.4 Å². The van der Waals surface area contributed by atoms with E-state index in [0.717, 1.165) is 30.7 Å². The van der Waals surface area contributed by atoms with E-state index in [0.29, 0.717) is 43.0 Å². The molecule has 0 saturated carbocycles. The molecule has 4 heterocycles. The zero-order chi connectivity index (χ0) is 24.7. The molecule has 10 heteroatoms. The molecule has 0 bridgehead atoms. The Balaban J connectivity index is 1.28. The van der Waals surface area contributed by atoms with Crippen LogP contribution in [-0.4, -0.2) is 44.1 Å². The van der Waals surface area contributed by atoms with Crippen molar-refractivity contribution in [1.82, 2.24) is 19.0 Å². The number of alkyl halides is 3. The van der Waals surface area contributed by atoms with E-state index in [1.165, 1.54) is 16.7 Å². The molecule has 5 rings (SSSR count). The van der Waals surface area contributed by atoms with Crippen LogP contribution in [0.25, 0.3) is 5.69 Å². The van der Waals surface area contributed by atoms with Gasteiger partial charge in [-0.05, 0) is 56.0 Å².